The standard InChI is InChI=1S/C18H24N2O2S/c1-3-15(12-21)20-18(22)10-14-5-7-16(8-6-14)19-11-17-9-4-13(2)23-17/h4-9,15,19,21H,3,10-12H2,1-2H3,(H,20,22). The second-order valence-corrected chi connectivity index (χ2v) is 6.97. The number of rotatable bonds is 8. The summed E-state index contributed by atoms with van der Waals surface area (Å²) in [5.41, 5.74) is 2.01. The predicted molar refractivity (Wildman–Crippen MR) is 95.8 cm³/mol. The second kappa shape index (κ2) is 8.70. The highest BCUT2D eigenvalue weighted by Gasteiger charge is 2.09. The lowest BCUT2D eigenvalue weighted by atomic mass is 10.1. The van der Waals surface area contributed by atoms with Crippen LogP contribution < -0.4 is 10.6 Å². The zero-order chi connectivity index (χ0) is 16.7. The maximum Gasteiger partial charge on any atom is 0.224 e. The van der Waals surface area contributed by atoms with Crippen LogP contribution in [0.3, 0.4) is 0 Å². The van der Waals surface area contributed by atoms with E-state index in [2.05, 4.69) is 29.7 Å². The third-order valence-corrected chi connectivity index (χ3v) is 4.66. The van der Waals surface area contributed by atoms with E-state index < -0.39 is 0 Å². The van der Waals surface area contributed by atoms with Gasteiger partial charge in [0.2, 0.25) is 5.91 Å². The van der Waals surface area contributed by atoms with Crippen LogP contribution in [0.15, 0.2) is 36.4 Å². The number of aryl methyl sites for hydroxylation is 1. The number of carbonyl (C=O) groups excluding carboxylic acids is 1. The first-order chi connectivity index (χ1) is 11.1. The molecule has 0 aliphatic heterocycles. The highest BCUT2D eigenvalue weighted by Crippen LogP contribution is 2.17. The van der Waals surface area contributed by atoms with Gasteiger partial charge in [-0.25, -0.2) is 0 Å². The molecule has 23 heavy (non-hydrogen) atoms. The summed E-state index contributed by atoms with van der Waals surface area (Å²) in [4.78, 5) is 14.5. The van der Waals surface area contributed by atoms with Gasteiger partial charge >= 0.3 is 0 Å². The minimum absolute atomic E-state index is 0.0205. The summed E-state index contributed by atoms with van der Waals surface area (Å²) >= 11 is 1.79. The average molecular weight is 332 g/mol. The first-order valence-electron chi connectivity index (χ1n) is 7.89. The Morgan fingerprint density at radius 2 is 1.96 bits per heavy atom. The van der Waals surface area contributed by atoms with Gasteiger partial charge in [0.15, 0.2) is 0 Å². The summed E-state index contributed by atoms with van der Waals surface area (Å²) in [6, 6.07) is 12.0. The Morgan fingerprint density at radius 3 is 2.52 bits per heavy atom. The molecule has 1 unspecified atom stereocenters. The van der Waals surface area contributed by atoms with Crippen LogP contribution in [0.4, 0.5) is 5.69 Å². The molecule has 0 bridgehead atoms. The molecule has 4 nitrogen and oxygen atoms in total. The minimum atomic E-state index is -0.155. The van der Waals surface area contributed by atoms with E-state index >= 15 is 0 Å². The summed E-state index contributed by atoms with van der Waals surface area (Å²) < 4.78 is 0. The van der Waals surface area contributed by atoms with E-state index in [0.717, 1.165) is 24.2 Å². The van der Waals surface area contributed by atoms with E-state index in [-0.39, 0.29) is 18.6 Å². The van der Waals surface area contributed by atoms with Crippen molar-refractivity contribution < 1.29 is 9.90 Å². The molecule has 1 heterocycles. The SMILES string of the molecule is CCC(CO)NC(=O)Cc1ccc(NCc2ccc(C)s2)cc1. The van der Waals surface area contributed by atoms with Crippen molar-refractivity contribution in [2.75, 3.05) is 11.9 Å². The number of aliphatic hydroxyl groups excluding tert-OH is 1. The molecule has 124 valence electrons. The van der Waals surface area contributed by atoms with Crippen molar-refractivity contribution >= 4 is 22.9 Å². The van der Waals surface area contributed by atoms with Gasteiger partial charge in [-0.1, -0.05) is 19.1 Å². The number of carbonyl (C=O) groups is 1. The zero-order valence-corrected chi connectivity index (χ0v) is 14.5. The van der Waals surface area contributed by atoms with Crippen molar-refractivity contribution in [3.8, 4) is 0 Å². The number of anilines is 1. The van der Waals surface area contributed by atoms with Gasteiger partial charge in [0, 0.05) is 22.0 Å². The van der Waals surface area contributed by atoms with E-state index in [0.29, 0.717) is 6.42 Å². The van der Waals surface area contributed by atoms with Crippen LogP contribution in [-0.4, -0.2) is 23.7 Å². The molecule has 2 aromatic rings. The Balaban J connectivity index is 1.83. The number of nitrogens with one attached hydrogen (secondary N) is 2. The van der Waals surface area contributed by atoms with Gasteiger partial charge < -0.3 is 15.7 Å². The Morgan fingerprint density at radius 1 is 1.22 bits per heavy atom. The van der Waals surface area contributed by atoms with Gasteiger partial charge in [0.05, 0.1) is 19.1 Å². The van der Waals surface area contributed by atoms with Crippen LogP contribution in [0.25, 0.3) is 0 Å². The van der Waals surface area contributed by atoms with Gasteiger partial charge in [-0.2, -0.15) is 0 Å². The summed E-state index contributed by atoms with van der Waals surface area (Å²) in [6.07, 6.45) is 1.06. The van der Waals surface area contributed by atoms with Crippen molar-refractivity contribution in [2.45, 2.75) is 39.3 Å². The second-order valence-electron chi connectivity index (χ2n) is 5.59. The number of amides is 1. The zero-order valence-electron chi connectivity index (χ0n) is 13.6. The number of thiophene rings is 1. The van der Waals surface area contributed by atoms with Gasteiger partial charge in [-0.05, 0) is 43.2 Å². The quantitative estimate of drug-likeness (QED) is 0.696. The number of hydrogen-bond donors (Lipinski definition) is 3. The molecule has 0 saturated heterocycles. The fourth-order valence-corrected chi connectivity index (χ4v) is 3.08. The van der Waals surface area contributed by atoms with Crippen LogP contribution in [0.1, 0.15) is 28.7 Å². The predicted octanol–water partition coefficient (Wildman–Crippen LogP) is 3.10. The van der Waals surface area contributed by atoms with Gasteiger partial charge in [-0.3, -0.25) is 4.79 Å². The van der Waals surface area contributed by atoms with Crippen LogP contribution in [0.2, 0.25) is 0 Å². The molecule has 1 amide bonds. The van der Waals surface area contributed by atoms with Crippen molar-refractivity contribution in [1.29, 1.82) is 0 Å². The highest BCUT2D eigenvalue weighted by molar-refractivity contribution is 7.11. The Kier molecular flexibility index (Phi) is 6.62. The topological polar surface area (TPSA) is 61.4 Å². The molecule has 1 atom stereocenters. The minimum Gasteiger partial charge on any atom is -0.394 e. The molecule has 5 heteroatoms. The molecule has 1 aromatic heterocycles. The van der Waals surface area contributed by atoms with E-state index in [4.69, 9.17) is 5.11 Å². The highest BCUT2D eigenvalue weighted by atomic mass is 32.1. The van der Waals surface area contributed by atoms with Gasteiger partial charge in [0.1, 0.15) is 0 Å². The molecule has 3 N–H and O–H groups in total. The van der Waals surface area contributed by atoms with Crippen molar-refractivity contribution in [2.24, 2.45) is 0 Å². The first kappa shape index (κ1) is 17.5. The summed E-state index contributed by atoms with van der Waals surface area (Å²) in [6.45, 7) is 4.84. The van der Waals surface area contributed by atoms with Crippen molar-refractivity contribution in [3.05, 3.63) is 51.7 Å². The fraction of sp³-hybridized carbons (Fsp3) is 0.389. The monoisotopic (exact) mass is 332 g/mol. The summed E-state index contributed by atoms with van der Waals surface area (Å²) in [7, 11) is 0. The van der Waals surface area contributed by atoms with E-state index in [1.165, 1.54) is 9.75 Å². The Bertz CT molecular complexity index is 618. The summed E-state index contributed by atoms with van der Waals surface area (Å²) in [5.74, 6) is -0.0549. The molecule has 2 rings (SSSR count). The molecular formula is C18H24N2O2S. The van der Waals surface area contributed by atoms with Crippen molar-refractivity contribution in [1.82, 2.24) is 5.32 Å². The smallest absolute Gasteiger partial charge is 0.224 e. The van der Waals surface area contributed by atoms with Crippen LogP contribution in [0.5, 0.6) is 0 Å². The molecule has 0 spiro atoms. The third-order valence-electron chi connectivity index (χ3n) is 3.66. The maximum atomic E-state index is 11.9. The van der Waals surface area contributed by atoms with Crippen molar-refractivity contribution in [3.63, 3.8) is 0 Å². The molecular weight excluding hydrogens is 308 g/mol. The lowest BCUT2D eigenvalue weighted by molar-refractivity contribution is -0.121. The third kappa shape index (κ3) is 5.69. The number of aliphatic hydroxyl groups is 1. The van der Waals surface area contributed by atoms with Crippen LogP contribution in [-0.2, 0) is 17.8 Å². The van der Waals surface area contributed by atoms with E-state index in [1.54, 1.807) is 11.3 Å². The number of hydrogen-bond acceptors (Lipinski definition) is 4. The van der Waals surface area contributed by atoms with E-state index in [1.807, 2.05) is 31.2 Å². The average Bonchev–Trinajstić information content (AvgIpc) is 2.97. The molecule has 0 fully saturated rings. The molecule has 0 saturated carbocycles. The maximum absolute atomic E-state index is 11.9. The molecule has 1 aromatic carbocycles. The number of benzene rings is 1. The lowest BCUT2D eigenvalue weighted by Gasteiger charge is -2.14. The fourth-order valence-electron chi connectivity index (χ4n) is 2.25. The lowest BCUT2D eigenvalue weighted by Crippen LogP contribution is -2.37. The first-order valence-corrected chi connectivity index (χ1v) is 8.70. The Hall–Kier alpha value is -1.85. The van der Waals surface area contributed by atoms with Crippen LogP contribution in [0, 0.1) is 6.92 Å². The van der Waals surface area contributed by atoms with Crippen LogP contribution >= 0.6 is 11.3 Å². The molecule has 0 aliphatic carbocycles. The van der Waals surface area contributed by atoms with Gasteiger partial charge in [-0.15, -0.1) is 11.3 Å². The van der Waals surface area contributed by atoms with E-state index in [9.17, 15) is 4.79 Å². The molecule has 0 aliphatic rings. The Labute approximate surface area is 141 Å². The largest absolute Gasteiger partial charge is 0.394 e. The summed E-state index contributed by atoms with van der Waals surface area (Å²) in [5, 5.41) is 15.3. The molecule has 0 radical (unpaired) electrons. The van der Waals surface area contributed by atoms with Gasteiger partial charge in [0.25, 0.3) is 0 Å². The normalized spacial score (nSPS) is 12.0.